The Morgan fingerprint density at radius 1 is 0.395 bits per heavy atom. The van der Waals surface area contributed by atoms with Crippen LogP contribution in [-0.2, 0) is 0 Å². The first-order chi connectivity index (χ1) is 18.9. The normalized spacial score (nSPS) is 51.3. The van der Waals surface area contributed by atoms with Crippen molar-refractivity contribution >= 4 is 0 Å². The maximum absolute atomic E-state index is 3.15. The maximum Gasteiger partial charge on any atom is 0.0284 e. The van der Waals surface area contributed by atoms with E-state index in [2.05, 4.69) is 34.1 Å². The Morgan fingerprint density at radius 3 is 1.29 bits per heavy atom. The van der Waals surface area contributed by atoms with Gasteiger partial charge in [-0.3, -0.25) is 9.80 Å². The molecule has 0 bridgehead atoms. The predicted octanol–water partition coefficient (Wildman–Crippen LogP) is 8.52. The summed E-state index contributed by atoms with van der Waals surface area (Å²) < 4.78 is 0. The van der Waals surface area contributed by atoms with Crippen LogP contribution >= 0.6 is 0 Å². The second-order valence-electron chi connectivity index (χ2n) is 15.4. The molecule has 6 fully saturated rings. The van der Waals surface area contributed by atoms with Gasteiger partial charge >= 0.3 is 0 Å². The summed E-state index contributed by atoms with van der Waals surface area (Å²) in [6.45, 7) is 0. The summed E-state index contributed by atoms with van der Waals surface area (Å²) in [6.07, 6.45) is 40.2. The zero-order valence-electron chi connectivity index (χ0n) is 24.3. The molecule has 210 valence electrons. The lowest BCUT2D eigenvalue weighted by Crippen LogP contribution is -2.48. The molecule has 8 aliphatic rings. The molecule has 2 saturated heterocycles. The number of hydrogen-bond donors (Lipinski definition) is 0. The summed E-state index contributed by atoms with van der Waals surface area (Å²) in [5.74, 6) is 6.22. The second-order valence-corrected chi connectivity index (χ2v) is 15.4. The molecule has 0 aromatic carbocycles. The van der Waals surface area contributed by atoms with Gasteiger partial charge < -0.3 is 0 Å². The number of fused-ring (bicyclic) bond motifs is 6. The Labute approximate surface area is 234 Å². The van der Waals surface area contributed by atoms with Gasteiger partial charge in [0.1, 0.15) is 0 Å². The van der Waals surface area contributed by atoms with E-state index in [0.717, 1.165) is 71.8 Å². The molecule has 0 aromatic rings. The Morgan fingerprint density at radius 2 is 0.842 bits per heavy atom. The first kappa shape index (κ1) is 25.1. The number of likely N-dealkylation sites (tertiary alicyclic amines) is 2. The van der Waals surface area contributed by atoms with Crippen LogP contribution in [0.1, 0.15) is 128 Å². The van der Waals surface area contributed by atoms with E-state index in [1.165, 1.54) is 89.9 Å². The average Bonchev–Trinajstić information content (AvgIpc) is 3.50. The minimum atomic E-state index is 0.776. The Hall–Kier alpha value is -0.600. The number of nitrogens with zero attached hydrogens (tertiary/aromatic N) is 2. The summed E-state index contributed by atoms with van der Waals surface area (Å²) >= 11 is 0. The molecular weight excluding hydrogens is 460 g/mol. The number of rotatable bonds is 3. The summed E-state index contributed by atoms with van der Waals surface area (Å²) in [5.41, 5.74) is 0. The van der Waals surface area contributed by atoms with Crippen molar-refractivity contribution in [3.63, 3.8) is 0 Å². The van der Waals surface area contributed by atoms with Gasteiger partial charge in [-0.05, 0) is 138 Å². The van der Waals surface area contributed by atoms with E-state index in [1.54, 1.807) is 38.5 Å². The summed E-state index contributed by atoms with van der Waals surface area (Å²) in [7, 11) is 0. The van der Waals surface area contributed by atoms with Gasteiger partial charge in [-0.2, -0.15) is 0 Å². The lowest BCUT2D eigenvalue weighted by molar-refractivity contribution is 0.0491. The van der Waals surface area contributed by atoms with Crippen LogP contribution in [0.15, 0.2) is 24.3 Å². The van der Waals surface area contributed by atoms with Gasteiger partial charge in [-0.25, -0.2) is 0 Å². The minimum Gasteiger partial charge on any atom is -0.290 e. The zero-order valence-corrected chi connectivity index (χ0v) is 24.3. The third-order valence-electron chi connectivity index (χ3n) is 13.9. The quantitative estimate of drug-likeness (QED) is 0.347. The minimum absolute atomic E-state index is 0.776. The van der Waals surface area contributed by atoms with E-state index in [4.69, 9.17) is 0 Å². The first-order valence-corrected chi connectivity index (χ1v) is 17.7. The van der Waals surface area contributed by atoms with E-state index in [9.17, 15) is 0 Å². The molecule has 0 radical (unpaired) electrons. The SMILES string of the molecule is C1=CC(N2C3CCCCC3C3CC(C4CCC5C(C4)C4CCCCC4N5[C@H]4C=CCCC4)CCC32)CCC1. The fourth-order valence-corrected chi connectivity index (χ4v) is 12.5. The van der Waals surface area contributed by atoms with Crippen molar-refractivity contribution in [2.45, 2.75) is 165 Å². The van der Waals surface area contributed by atoms with E-state index in [1.807, 2.05) is 0 Å². The second kappa shape index (κ2) is 10.7. The van der Waals surface area contributed by atoms with Gasteiger partial charge in [0, 0.05) is 36.3 Å². The van der Waals surface area contributed by atoms with Gasteiger partial charge in [-0.15, -0.1) is 0 Å². The first-order valence-electron chi connectivity index (χ1n) is 17.7. The average molecular weight is 517 g/mol. The van der Waals surface area contributed by atoms with Crippen LogP contribution in [0.4, 0.5) is 0 Å². The van der Waals surface area contributed by atoms with Crippen LogP contribution in [0.2, 0.25) is 0 Å². The molecule has 8 rings (SSSR count). The van der Waals surface area contributed by atoms with Gasteiger partial charge in [-0.1, -0.05) is 50.0 Å². The summed E-state index contributed by atoms with van der Waals surface area (Å²) in [6, 6.07) is 5.25. The van der Waals surface area contributed by atoms with Gasteiger partial charge in [0.15, 0.2) is 0 Å². The molecule has 2 aliphatic heterocycles. The third-order valence-corrected chi connectivity index (χ3v) is 13.9. The Kier molecular flexibility index (Phi) is 7.05. The van der Waals surface area contributed by atoms with Gasteiger partial charge in [0.25, 0.3) is 0 Å². The molecule has 11 unspecified atom stereocenters. The van der Waals surface area contributed by atoms with Crippen LogP contribution < -0.4 is 0 Å². The smallest absolute Gasteiger partial charge is 0.0284 e. The van der Waals surface area contributed by atoms with Crippen molar-refractivity contribution in [1.29, 1.82) is 0 Å². The van der Waals surface area contributed by atoms with Crippen molar-refractivity contribution in [2.24, 2.45) is 35.5 Å². The lowest BCUT2D eigenvalue weighted by atomic mass is 9.62. The molecule has 2 heterocycles. The fourth-order valence-electron chi connectivity index (χ4n) is 12.5. The topological polar surface area (TPSA) is 6.48 Å². The molecule has 6 aliphatic carbocycles. The Balaban J connectivity index is 0.994. The predicted molar refractivity (Wildman–Crippen MR) is 158 cm³/mol. The number of allylic oxidation sites excluding steroid dienone is 2. The van der Waals surface area contributed by atoms with E-state index >= 15 is 0 Å². The standard InChI is InChI=1S/C36H56N2/c1-3-11-27(12-4-1)37-33-17-9-7-15-29(33)31-23-25(19-21-35(31)37)26-20-22-36-32(24-26)30-16-8-10-18-34(30)38(36)28-13-5-2-6-14-28/h3,5,11,13,25-36H,1-2,4,6-10,12,14-24H2/t25?,26?,27-,28?,29?,30?,31?,32?,33?,34?,35?,36?/m0/s1. The van der Waals surface area contributed by atoms with Crippen molar-refractivity contribution in [1.82, 2.24) is 9.80 Å². The van der Waals surface area contributed by atoms with Crippen molar-refractivity contribution in [3.8, 4) is 0 Å². The van der Waals surface area contributed by atoms with E-state index in [-0.39, 0.29) is 0 Å². The van der Waals surface area contributed by atoms with E-state index in [0.29, 0.717) is 0 Å². The lowest BCUT2D eigenvalue weighted by Gasteiger charge is -2.46. The largest absolute Gasteiger partial charge is 0.290 e. The Bertz CT molecular complexity index is 820. The highest BCUT2D eigenvalue weighted by Gasteiger charge is 2.56. The molecule has 0 amide bonds. The highest BCUT2D eigenvalue weighted by Crippen LogP contribution is 2.57. The molecule has 0 N–H and O–H groups in total. The molecular formula is C36H56N2. The van der Waals surface area contributed by atoms with Crippen LogP contribution in [0.3, 0.4) is 0 Å². The molecule has 2 nitrogen and oxygen atoms in total. The van der Waals surface area contributed by atoms with Crippen molar-refractivity contribution in [3.05, 3.63) is 24.3 Å². The molecule has 38 heavy (non-hydrogen) atoms. The molecule has 4 saturated carbocycles. The van der Waals surface area contributed by atoms with Gasteiger partial charge in [0.05, 0.1) is 0 Å². The highest BCUT2D eigenvalue weighted by molar-refractivity contribution is 5.13. The molecule has 0 aromatic heterocycles. The van der Waals surface area contributed by atoms with Crippen molar-refractivity contribution < 1.29 is 0 Å². The molecule has 12 atom stereocenters. The maximum atomic E-state index is 3.15. The van der Waals surface area contributed by atoms with Crippen LogP contribution in [-0.4, -0.2) is 46.1 Å². The van der Waals surface area contributed by atoms with Gasteiger partial charge in [0.2, 0.25) is 0 Å². The fraction of sp³-hybridized carbons (Fsp3) is 0.889. The van der Waals surface area contributed by atoms with Crippen LogP contribution in [0, 0.1) is 35.5 Å². The summed E-state index contributed by atoms with van der Waals surface area (Å²) in [5, 5.41) is 0. The van der Waals surface area contributed by atoms with E-state index < -0.39 is 0 Å². The van der Waals surface area contributed by atoms with Crippen LogP contribution in [0.25, 0.3) is 0 Å². The number of hydrogen-bond acceptors (Lipinski definition) is 2. The third kappa shape index (κ3) is 4.24. The molecule has 2 heteroatoms. The monoisotopic (exact) mass is 516 g/mol. The van der Waals surface area contributed by atoms with Crippen LogP contribution in [0.5, 0.6) is 0 Å². The zero-order chi connectivity index (χ0) is 25.1. The summed E-state index contributed by atoms with van der Waals surface area (Å²) in [4.78, 5) is 6.30. The van der Waals surface area contributed by atoms with Crippen molar-refractivity contribution in [2.75, 3.05) is 0 Å². The molecule has 0 spiro atoms. The highest BCUT2D eigenvalue weighted by atomic mass is 15.3.